The van der Waals surface area contributed by atoms with Crippen LogP contribution in [0.5, 0.6) is 0 Å². The highest BCUT2D eigenvalue weighted by Crippen LogP contribution is 2.20. The van der Waals surface area contributed by atoms with Gasteiger partial charge >= 0.3 is 5.97 Å². The van der Waals surface area contributed by atoms with E-state index in [9.17, 15) is 4.79 Å². The van der Waals surface area contributed by atoms with E-state index in [0.29, 0.717) is 17.9 Å². The molecule has 2 aromatic heterocycles. The molecule has 0 amide bonds. The normalized spacial score (nSPS) is 11.1. The van der Waals surface area contributed by atoms with Gasteiger partial charge in [0, 0.05) is 11.4 Å². The standard InChI is InChI=1S/C15H19NO3S/c1-10-5-6-20-14(10)9-16(3)8-12-7-13(11(2)19-12)15(17)18-4/h5-7H,8-9H2,1-4H3. The Morgan fingerprint density at radius 2 is 2.15 bits per heavy atom. The second-order valence-electron chi connectivity index (χ2n) is 4.87. The number of methoxy groups -OCH3 is 1. The molecule has 0 radical (unpaired) electrons. The minimum Gasteiger partial charge on any atom is -0.465 e. The molecular formula is C15H19NO3S. The quantitative estimate of drug-likeness (QED) is 0.793. The zero-order chi connectivity index (χ0) is 14.7. The Kier molecular flexibility index (Phi) is 4.62. The van der Waals surface area contributed by atoms with Crippen LogP contribution in [-0.4, -0.2) is 25.0 Å². The molecule has 0 fully saturated rings. The molecule has 20 heavy (non-hydrogen) atoms. The summed E-state index contributed by atoms with van der Waals surface area (Å²) in [5, 5.41) is 2.10. The van der Waals surface area contributed by atoms with Crippen LogP contribution in [0.2, 0.25) is 0 Å². The Morgan fingerprint density at radius 1 is 1.40 bits per heavy atom. The van der Waals surface area contributed by atoms with Crippen molar-refractivity contribution in [2.24, 2.45) is 0 Å². The van der Waals surface area contributed by atoms with Gasteiger partial charge in [-0.15, -0.1) is 11.3 Å². The second-order valence-corrected chi connectivity index (χ2v) is 5.87. The van der Waals surface area contributed by atoms with Crippen molar-refractivity contribution in [3.05, 3.63) is 45.0 Å². The van der Waals surface area contributed by atoms with Crippen molar-refractivity contribution in [1.29, 1.82) is 0 Å². The van der Waals surface area contributed by atoms with E-state index >= 15 is 0 Å². The van der Waals surface area contributed by atoms with Crippen LogP contribution in [0.3, 0.4) is 0 Å². The predicted molar refractivity (Wildman–Crippen MR) is 79.0 cm³/mol. The molecule has 2 aromatic rings. The van der Waals surface area contributed by atoms with E-state index in [-0.39, 0.29) is 5.97 Å². The van der Waals surface area contributed by atoms with Gasteiger partial charge in [-0.05, 0) is 44.0 Å². The van der Waals surface area contributed by atoms with Gasteiger partial charge in [0.2, 0.25) is 0 Å². The molecule has 0 spiro atoms. The maximum atomic E-state index is 11.5. The Hall–Kier alpha value is -1.59. The highest BCUT2D eigenvalue weighted by atomic mass is 32.1. The molecule has 4 nitrogen and oxygen atoms in total. The molecule has 5 heteroatoms. The van der Waals surface area contributed by atoms with E-state index in [0.717, 1.165) is 12.3 Å². The molecule has 0 aliphatic carbocycles. The van der Waals surface area contributed by atoms with E-state index in [2.05, 4.69) is 23.3 Å². The van der Waals surface area contributed by atoms with Crippen molar-refractivity contribution >= 4 is 17.3 Å². The van der Waals surface area contributed by atoms with Crippen LogP contribution in [-0.2, 0) is 17.8 Å². The molecule has 0 unspecified atom stereocenters. The first kappa shape index (κ1) is 14.8. The molecule has 108 valence electrons. The molecule has 0 N–H and O–H groups in total. The van der Waals surface area contributed by atoms with Gasteiger partial charge in [-0.25, -0.2) is 4.79 Å². The molecule has 0 saturated carbocycles. The molecule has 0 atom stereocenters. The third-order valence-corrected chi connectivity index (χ3v) is 4.19. The van der Waals surface area contributed by atoms with Gasteiger partial charge in [-0.1, -0.05) is 0 Å². The Morgan fingerprint density at radius 3 is 2.75 bits per heavy atom. The number of hydrogen-bond donors (Lipinski definition) is 0. The summed E-state index contributed by atoms with van der Waals surface area (Å²) in [5.41, 5.74) is 1.82. The zero-order valence-electron chi connectivity index (χ0n) is 12.2. The lowest BCUT2D eigenvalue weighted by atomic mass is 10.2. The highest BCUT2D eigenvalue weighted by Gasteiger charge is 2.16. The first-order valence-electron chi connectivity index (χ1n) is 6.40. The van der Waals surface area contributed by atoms with Gasteiger partial charge in [-0.3, -0.25) is 4.90 Å². The third-order valence-electron chi connectivity index (χ3n) is 3.18. The number of carbonyl (C=O) groups is 1. The lowest BCUT2D eigenvalue weighted by Crippen LogP contribution is -2.16. The third kappa shape index (κ3) is 3.29. The summed E-state index contributed by atoms with van der Waals surface area (Å²) in [6, 6.07) is 3.89. The smallest absolute Gasteiger partial charge is 0.341 e. The van der Waals surface area contributed by atoms with E-state index in [1.165, 1.54) is 17.6 Å². The number of rotatable bonds is 5. The summed E-state index contributed by atoms with van der Waals surface area (Å²) in [7, 11) is 3.41. The minimum atomic E-state index is -0.353. The van der Waals surface area contributed by atoms with Crippen molar-refractivity contribution in [2.75, 3.05) is 14.2 Å². The van der Waals surface area contributed by atoms with E-state index in [1.807, 2.05) is 7.05 Å². The number of ether oxygens (including phenoxy) is 1. The summed E-state index contributed by atoms with van der Waals surface area (Å²) in [5.74, 6) is 1.03. The average molecular weight is 293 g/mol. The number of nitrogens with zero attached hydrogens (tertiary/aromatic N) is 1. The number of esters is 1. The van der Waals surface area contributed by atoms with E-state index < -0.39 is 0 Å². The number of hydrogen-bond acceptors (Lipinski definition) is 5. The molecule has 2 heterocycles. The van der Waals surface area contributed by atoms with Gasteiger partial charge in [-0.2, -0.15) is 0 Å². The van der Waals surface area contributed by atoms with Crippen molar-refractivity contribution in [1.82, 2.24) is 4.90 Å². The van der Waals surface area contributed by atoms with Crippen LogP contribution in [0.4, 0.5) is 0 Å². The van der Waals surface area contributed by atoms with Gasteiger partial charge < -0.3 is 9.15 Å². The number of aryl methyl sites for hydroxylation is 2. The van der Waals surface area contributed by atoms with Crippen LogP contribution in [0, 0.1) is 13.8 Å². The van der Waals surface area contributed by atoms with Gasteiger partial charge in [0.25, 0.3) is 0 Å². The maximum absolute atomic E-state index is 11.5. The number of carbonyl (C=O) groups excluding carboxylic acids is 1. The van der Waals surface area contributed by atoms with Gasteiger partial charge in [0.1, 0.15) is 17.1 Å². The Labute approximate surface area is 123 Å². The Balaban J connectivity index is 2.03. The van der Waals surface area contributed by atoms with Crippen LogP contribution in [0.25, 0.3) is 0 Å². The average Bonchev–Trinajstić information content (AvgIpc) is 2.95. The lowest BCUT2D eigenvalue weighted by molar-refractivity contribution is 0.0599. The fraction of sp³-hybridized carbons (Fsp3) is 0.400. The second kappa shape index (κ2) is 6.24. The summed E-state index contributed by atoms with van der Waals surface area (Å²) < 4.78 is 10.3. The monoisotopic (exact) mass is 293 g/mol. The largest absolute Gasteiger partial charge is 0.465 e. The van der Waals surface area contributed by atoms with Gasteiger partial charge in [0.05, 0.1) is 13.7 Å². The zero-order valence-corrected chi connectivity index (χ0v) is 13.0. The SMILES string of the molecule is COC(=O)c1cc(CN(C)Cc2sccc2C)oc1C. The molecule has 0 aliphatic rings. The van der Waals surface area contributed by atoms with Crippen LogP contribution in [0.1, 0.15) is 32.3 Å². The first-order valence-corrected chi connectivity index (χ1v) is 7.28. The summed E-state index contributed by atoms with van der Waals surface area (Å²) in [6.07, 6.45) is 0. The first-order chi connectivity index (χ1) is 9.51. The maximum Gasteiger partial charge on any atom is 0.341 e. The topological polar surface area (TPSA) is 42.7 Å². The van der Waals surface area contributed by atoms with Crippen LogP contribution >= 0.6 is 11.3 Å². The van der Waals surface area contributed by atoms with Crippen molar-refractivity contribution < 1.29 is 13.9 Å². The van der Waals surface area contributed by atoms with E-state index in [1.54, 1.807) is 24.3 Å². The minimum absolute atomic E-state index is 0.353. The molecule has 0 aliphatic heterocycles. The van der Waals surface area contributed by atoms with Crippen molar-refractivity contribution in [2.45, 2.75) is 26.9 Å². The highest BCUT2D eigenvalue weighted by molar-refractivity contribution is 7.10. The van der Waals surface area contributed by atoms with Crippen LogP contribution < -0.4 is 0 Å². The molecule has 0 saturated heterocycles. The van der Waals surface area contributed by atoms with E-state index in [4.69, 9.17) is 9.15 Å². The summed E-state index contributed by atoms with van der Waals surface area (Å²) in [4.78, 5) is 15.1. The molecule has 0 bridgehead atoms. The molecule has 0 aromatic carbocycles. The Bertz CT molecular complexity index is 600. The van der Waals surface area contributed by atoms with Gasteiger partial charge in [0.15, 0.2) is 0 Å². The predicted octanol–water partition coefficient (Wildman–Crippen LogP) is 3.38. The van der Waals surface area contributed by atoms with Crippen LogP contribution in [0.15, 0.2) is 21.9 Å². The number of furan rings is 1. The molecule has 2 rings (SSSR count). The summed E-state index contributed by atoms with van der Waals surface area (Å²) >= 11 is 1.76. The number of thiophene rings is 1. The van der Waals surface area contributed by atoms with Crippen molar-refractivity contribution in [3.63, 3.8) is 0 Å². The fourth-order valence-corrected chi connectivity index (χ4v) is 3.05. The molecular weight excluding hydrogens is 274 g/mol. The summed E-state index contributed by atoms with van der Waals surface area (Å²) in [6.45, 7) is 5.43. The lowest BCUT2D eigenvalue weighted by Gasteiger charge is -2.14. The van der Waals surface area contributed by atoms with Crippen molar-refractivity contribution in [3.8, 4) is 0 Å². The fourth-order valence-electron chi connectivity index (χ4n) is 2.07.